The molecule has 0 radical (unpaired) electrons. The molecule has 0 bridgehead atoms. The molecule has 1 rings (SSSR count). The molecule has 120 valence electrons. The summed E-state index contributed by atoms with van der Waals surface area (Å²) in [5.74, 6) is -0.231. The van der Waals surface area contributed by atoms with Crippen molar-refractivity contribution in [2.24, 2.45) is 17.3 Å². The van der Waals surface area contributed by atoms with Gasteiger partial charge in [0.05, 0.1) is 5.41 Å². The van der Waals surface area contributed by atoms with Crippen molar-refractivity contribution in [2.75, 3.05) is 13.7 Å². The van der Waals surface area contributed by atoms with Gasteiger partial charge in [-0.05, 0) is 31.1 Å². The van der Waals surface area contributed by atoms with Crippen molar-refractivity contribution in [3.8, 4) is 0 Å². The summed E-state index contributed by atoms with van der Waals surface area (Å²) in [7, 11) is 1.69. The summed E-state index contributed by atoms with van der Waals surface area (Å²) in [4.78, 5) is 12.1. The van der Waals surface area contributed by atoms with Gasteiger partial charge in [0.2, 0.25) is 0 Å². The summed E-state index contributed by atoms with van der Waals surface area (Å²) in [5, 5.41) is 9.94. The average molecular weight is 294 g/mol. The van der Waals surface area contributed by atoms with Crippen LogP contribution in [0, 0.1) is 17.3 Å². The van der Waals surface area contributed by atoms with E-state index in [4.69, 9.17) is 4.74 Å². The smallest absolute Gasteiger partial charge is 0.314 e. The molecule has 1 aliphatic carbocycles. The highest BCUT2D eigenvalue weighted by atomic mass is 16.5. The lowest BCUT2D eigenvalue weighted by Gasteiger charge is -2.40. The van der Waals surface area contributed by atoms with Crippen molar-refractivity contribution in [1.29, 1.82) is 0 Å². The van der Waals surface area contributed by atoms with Crippen LogP contribution < -0.4 is 0 Å². The number of hydrogen-bond acceptors (Lipinski definition) is 2. The highest BCUT2D eigenvalue weighted by Crippen LogP contribution is 2.46. The molecule has 0 spiro atoms. The highest BCUT2D eigenvalue weighted by molar-refractivity contribution is 5.79. The lowest BCUT2D eigenvalue weighted by molar-refractivity contribution is -0.149. The van der Waals surface area contributed by atoms with Crippen LogP contribution in [0.3, 0.4) is 0 Å². The first kappa shape index (κ1) is 18.0. The van der Waals surface area contributed by atoms with Crippen LogP contribution in [0.15, 0.2) is 23.8 Å². The molecule has 3 heteroatoms. The Kier molecular flexibility index (Phi) is 7.16. The Labute approximate surface area is 129 Å². The topological polar surface area (TPSA) is 46.5 Å². The molecule has 1 N–H and O–H groups in total. The molecule has 0 aromatic heterocycles. The second kappa shape index (κ2) is 8.38. The van der Waals surface area contributed by atoms with E-state index in [1.165, 1.54) is 5.57 Å². The molecule has 0 aliphatic heterocycles. The molecule has 0 saturated heterocycles. The lowest BCUT2D eigenvalue weighted by Crippen LogP contribution is -2.40. The van der Waals surface area contributed by atoms with Crippen molar-refractivity contribution in [1.82, 2.24) is 0 Å². The van der Waals surface area contributed by atoms with Crippen molar-refractivity contribution >= 4 is 5.97 Å². The highest BCUT2D eigenvalue weighted by Gasteiger charge is 2.46. The van der Waals surface area contributed by atoms with E-state index in [0.717, 1.165) is 25.7 Å². The molecular weight excluding hydrogens is 264 g/mol. The molecule has 3 nitrogen and oxygen atoms in total. The minimum Gasteiger partial charge on any atom is -0.481 e. The molecule has 2 unspecified atom stereocenters. The summed E-state index contributed by atoms with van der Waals surface area (Å²) in [6.45, 7) is 7.01. The van der Waals surface area contributed by atoms with Gasteiger partial charge in [-0.25, -0.2) is 0 Å². The van der Waals surface area contributed by atoms with E-state index in [9.17, 15) is 9.90 Å². The van der Waals surface area contributed by atoms with Gasteiger partial charge in [0.15, 0.2) is 0 Å². The zero-order chi connectivity index (χ0) is 15.9. The fourth-order valence-corrected chi connectivity index (χ4v) is 3.43. The van der Waals surface area contributed by atoms with Crippen LogP contribution in [0.5, 0.6) is 0 Å². The Morgan fingerprint density at radius 2 is 2.19 bits per heavy atom. The van der Waals surface area contributed by atoms with Gasteiger partial charge in [0.1, 0.15) is 0 Å². The van der Waals surface area contributed by atoms with Gasteiger partial charge in [0, 0.05) is 13.7 Å². The van der Waals surface area contributed by atoms with Gasteiger partial charge < -0.3 is 9.84 Å². The number of methoxy groups -OCH3 is 1. The largest absolute Gasteiger partial charge is 0.481 e. The van der Waals surface area contributed by atoms with Gasteiger partial charge in [-0.2, -0.15) is 0 Å². The standard InChI is InChI=1S/C18H30O3/c1-5-6-9-16-15(10-12-21-4)8-7-11-18(16,17(19)20)13-14(2)3/h7-8,11,14,16H,5-6,9-10,12-13H2,1-4H3,(H,19,20). The quantitative estimate of drug-likeness (QED) is 0.683. The zero-order valence-electron chi connectivity index (χ0n) is 13.9. The Bertz CT molecular complexity index is 395. The number of carboxylic acids is 1. The minimum absolute atomic E-state index is 0.0949. The van der Waals surface area contributed by atoms with Crippen LogP contribution in [0.2, 0.25) is 0 Å². The molecule has 0 saturated carbocycles. The maximum absolute atomic E-state index is 12.1. The zero-order valence-corrected chi connectivity index (χ0v) is 13.9. The maximum Gasteiger partial charge on any atom is 0.314 e. The molecule has 21 heavy (non-hydrogen) atoms. The van der Waals surface area contributed by atoms with Gasteiger partial charge >= 0.3 is 5.97 Å². The van der Waals surface area contributed by atoms with Crippen molar-refractivity contribution in [3.63, 3.8) is 0 Å². The van der Waals surface area contributed by atoms with E-state index >= 15 is 0 Å². The van der Waals surface area contributed by atoms with Gasteiger partial charge in [-0.3, -0.25) is 4.79 Å². The molecule has 0 aromatic carbocycles. The summed E-state index contributed by atoms with van der Waals surface area (Å²) < 4.78 is 5.19. The number of allylic oxidation sites excluding steroid dienone is 2. The van der Waals surface area contributed by atoms with E-state index in [1.807, 2.05) is 12.2 Å². The Hall–Kier alpha value is -1.09. The summed E-state index contributed by atoms with van der Waals surface area (Å²) in [6.07, 6.45) is 10.6. The van der Waals surface area contributed by atoms with E-state index in [-0.39, 0.29) is 5.92 Å². The van der Waals surface area contributed by atoms with E-state index in [1.54, 1.807) is 7.11 Å². The normalized spacial score (nSPS) is 25.2. The molecule has 0 heterocycles. The Morgan fingerprint density at radius 1 is 1.48 bits per heavy atom. The SMILES string of the molecule is CCCCC1C(CCOC)=CC=CC1(CC(C)C)C(=O)O. The Morgan fingerprint density at radius 3 is 2.71 bits per heavy atom. The first-order chi connectivity index (χ1) is 9.97. The number of aliphatic carboxylic acids is 1. The number of hydrogen-bond donors (Lipinski definition) is 1. The number of carbonyl (C=O) groups is 1. The number of ether oxygens (including phenoxy) is 1. The number of carboxylic acid groups (broad SMARTS) is 1. The van der Waals surface area contributed by atoms with Gasteiger partial charge in [-0.15, -0.1) is 0 Å². The summed E-state index contributed by atoms with van der Waals surface area (Å²) >= 11 is 0. The first-order valence-electron chi connectivity index (χ1n) is 8.08. The fourth-order valence-electron chi connectivity index (χ4n) is 3.43. The molecule has 0 amide bonds. The predicted molar refractivity (Wildman–Crippen MR) is 86.3 cm³/mol. The van der Waals surface area contributed by atoms with Crippen LogP contribution in [0.4, 0.5) is 0 Å². The number of rotatable bonds is 9. The van der Waals surface area contributed by atoms with E-state index < -0.39 is 11.4 Å². The first-order valence-corrected chi connectivity index (χ1v) is 8.08. The van der Waals surface area contributed by atoms with Gasteiger partial charge in [-0.1, -0.05) is 57.4 Å². The molecule has 0 aromatic rings. The van der Waals surface area contributed by atoms with Crippen molar-refractivity contribution in [3.05, 3.63) is 23.8 Å². The third-order valence-corrected chi connectivity index (χ3v) is 4.36. The summed E-state index contributed by atoms with van der Waals surface area (Å²) in [5.41, 5.74) is 0.483. The van der Waals surface area contributed by atoms with Crippen molar-refractivity contribution < 1.29 is 14.6 Å². The van der Waals surface area contributed by atoms with Gasteiger partial charge in [0.25, 0.3) is 0 Å². The molecule has 1 aliphatic rings. The van der Waals surface area contributed by atoms with E-state index in [0.29, 0.717) is 18.9 Å². The molecule has 2 atom stereocenters. The van der Waals surface area contributed by atoms with E-state index in [2.05, 4.69) is 26.8 Å². The van der Waals surface area contributed by atoms with Crippen LogP contribution in [0.25, 0.3) is 0 Å². The van der Waals surface area contributed by atoms with Crippen LogP contribution >= 0.6 is 0 Å². The Balaban J connectivity index is 3.10. The maximum atomic E-state index is 12.1. The third-order valence-electron chi connectivity index (χ3n) is 4.36. The monoisotopic (exact) mass is 294 g/mol. The average Bonchev–Trinajstić information content (AvgIpc) is 2.43. The van der Waals surface area contributed by atoms with Crippen LogP contribution in [0.1, 0.15) is 52.9 Å². The molecular formula is C18H30O3. The van der Waals surface area contributed by atoms with Crippen LogP contribution in [-0.4, -0.2) is 24.8 Å². The third kappa shape index (κ3) is 4.44. The second-order valence-electron chi connectivity index (χ2n) is 6.48. The predicted octanol–water partition coefficient (Wildman–Crippen LogP) is 4.44. The lowest BCUT2D eigenvalue weighted by atomic mass is 9.63. The summed E-state index contributed by atoms with van der Waals surface area (Å²) in [6, 6.07) is 0. The van der Waals surface area contributed by atoms with Crippen LogP contribution in [-0.2, 0) is 9.53 Å². The van der Waals surface area contributed by atoms with Crippen molar-refractivity contribution in [2.45, 2.75) is 52.9 Å². The molecule has 0 fully saturated rings. The minimum atomic E-state index is -0.749. The second-order valence-corrected chi connectivity index (χ2v) is 6.48. The fraction of sp³-hybridized carbons (Fsp3) is 0.722. The number of unbranched alkanes of at least 4 members (excludes halogenated alkanes) is 1.